The number of nitrogens with two attached hydrogens (primary N) is 1. The van der Waals surface area contributed by atoms with Gasteiger partial charge in [-0.2, -0.15) is 0 Å². The van der Waals surface area contributed by atoms with Crippen molar-refractivity contribution in [3.8, 4) is 0 Å². The zero-order valence-electron chi connectivity index (χ0n) is 10.2. The molecule has 1 aromatic rings. The van der Waals surface area contributed by atoms with E-state index >= 15 is 0 Å². The van der Waals surface area contributed by atoms with Crippen LogP contribution in [0.1, 0.15) is 19.8 Å². The van der Waals surface area contributed by atoms with Crippen molar-refractivity contribution in [2.45, 2.75) is 25.8 Å². The normalized spacial score (nSPS) is 17.4. The van der Waals surface area contributed by atoms with E-state index in [1.54, 1.807) is 12.1 Å². The lowest BCUT2D eigenvalue weighted by atomic mass is 10.0. The second kappa shape index (κ2) is 5.36. The fourth-order valence-electron chi connectivity index (χ4n) is 2.39. The second-order valence-corrected chi connectivity index (χ2v) is 4.53. The van der Waals surface area contributed by atoms with E-state index in [1.165, 1.54) is 6.07 Å². The van der Waals surface area contributed by atoms with Gasteiger partial charge in [-0.15, -0.1) is 0 Å². The number of piperidine rings is 1. The van der Waals surface area contributed by atoms with Crippen LogP contribution in [-0.4, -0.2) is 25.7 Å². The number of hydrogen-bond acceptors (Lipinski definition) is 3. The molecule has 0 aliphatic carbocycles. The average Bonchev–Trinajstić information content (AvgIpc) is 2.31. The Balaban J connectivity index is 2.00. The van der Waals surface area contributed by atoms with E-state index in [2.05, 4.69) is 17.1 Å². The lowest BCUT2D eigenvalue weighted by molar-refractivity contribution is 0.421. The predicted molar refractivity (Wildman–Crippen MR) is 69.7 cm³/mol. The summed E-state index contributed by atoms with van der Waals surface area (Å²) in [7, 11) is 0. The van der Waals surface area contributed by atoms with Crippen molar-refractivity contribution in [3.63, 3.8) is 0 Å². The molecule has 0 unspecified atom stereocenters. The molecule has 1 aromatic carbocycles. The standard InChI is InChI=1S/C13H20FN3/c1-2-16-11-5-7-17(8-6-11)13-4-3-10(15)9-12(13)14/h3-4,9,11,16H,2,5-8,15H2,1H3. The number of rotatable bonds is 3. The fourth-order valence-corrected chi connectivity index (χ4v) is 2.39. The van der Waals surface area contributed by atoms with E-state index in [0.717, 1.165) is 32.5 Å². The van der Waals surface area contributed by atoms with Crippen LogP contribution in [0.25, 0.3) is 0 Å². The van der Waals surface area contributed by atoms with E-state index in [1.807, 2.05) is 0 Å². The summed E-state index contributed by atoms with van der Waals surface area (Å²) in [5.74, 6) is -0.216. The first-order valence-corrected chi connectivity index (χ1v) is 6.24. The molecule has 1 saturated heterocycles. The van der Waals surface area contributed by atoms with Gasteiger partial charge in [-0.3, -0.25) is 0 Å². The van der Waals surface area contributed by atoms with Crippen molar-refractivity contribution in [2.24, 2.45) is 0 Å². The van der Waals surface area contributed by atoms with Crippen LogP contribution < -0.4 is 16.0 Å². The number of nitrogen functional groups attached to an aromatic ring is 1. The Hall–Kier alpha value is -1.29. The summed E-state index contributed by atoms with van der Waals surface area (Å²) < 4.78 is 13.7. The maximum absolute atomic E-state index is 13.7. The fraction of sp³-hybridized carbons (Fsp3) is 0.538. The van der Waals surface area contributed by atoms with Crippen LogP contribution in [0.15, 0.2) is 18.2 Å². The number of anilines is 2. The Morgan fingerprint density at radius 1 is 1.41 bits per heavy atom. The summed E-state index contributed by atoms with van der Waals surface area (Å²) in [6, 6.07) is 5.51. The maximum Gasteiger partial charge on any atom is 0.148 e. The summed E-state index contributed by atoms with van der Waals surface area (Å²) in [5, 5.41) is 3.44. The zero-order valence-corrected chi connectivity index (χ0v) is 10.2. The van der Waals surface area contributed by atoms with Gasteiger partial charge in [-0.1, -0.05) is 6.92 Å². The monoisotopic (exact) mass is 237 g/mol. The molecule has 1 fully saturated rings. The van der Waals surface area contributed by atoms with Crippen LogP contribution in [0, 0.1) is 5.82 Å². The summed E-state index contributed by atoms with van der Waals surface area (Å²) in [6.45, 7) is 4.92. The van der Waals surface area contributed by atoms with Crippen molar-refractivity contribution in [3.05, 3.63) is 24.0 Å². The van der Waals surface area contributed by atoms with Gasteiger partial charge in [-0.25, -0.2) is 4.39 Å². The van der Waals surface area contributed by atoms with Crippen molar-refractivity contribution < 1.29 is 4.39 Å². The molecule has 0 radical (unpaired) electrons. The van der Waals surface area contributed by atoms with Gasteiger partial charge in [0, 0.05) is 24.8 Å². The SMILES string of the molecule is CCNC1CCN(c2ccc(N)cc2F)CC1. The third kappa shape index (κ3) is 2.88. The van der Waals surface area contributed by atoms with E-state index in [9.17, 15) is 4.39 Å². The summed E-state index contributed by atoms with van der Waals surface area (Å²) in [5.41, 5.74) is 6.71. The quantitative estimate of drug-likeness (QED) is 0.790. The third-order valence-corrected chi connectivity index (χ3v) is 3.30. The largest absolute Gasteiger partial charge is 0.399 e. The molecule has 0 bridgehead atoms. The van der Waals surface area contributed by atoms with E-state index < -0.39 is 0 Å². The minimum absolute atomic E-state index is 0.216. The highest BCUT2D eigenvalue weighted by Crippen LogP contribution is 2.24. The first-order valence-electron chi connectivity index (χ1n) is 6.24. The van der Waals surface area contributed by atoms with Gasteiger partial charge in [0.1, 0.15) is 5.82 Å². The number of benzene rings is 1. The van der Waals surface area contributed by atoms with Gasteiger partial charge in [0.15, 0.2) is 0 Å². The second-order valence-electron chi connectivity index (χ2n) is 4.53. The van der Waals surface area contributed by atoms with Crippen molar-refractivity contribution >= 4 is 11.4 Å². The molecule has 0 saturated carbocycles. The third-order valence-electron chi connectivity index (χ3n) is 3.30. The van der Waals surface area contributed by atoms with Gasteiger partial charge in [0.2, 0.25) is 0 Å². The summed E-state index contributed by atoms with van der Waals surface area (Å²) >= 11 is 0. The van der Waals surface area contributed by atoms with E-state index in [4.69, 9.17) is 5.73 Å². The molecular weight excluding hydrogens is 217 g/mol. The number of hydrogen-bond donors (Lipinski definition) is 2. The van der Waals surface area contributed by atoms with Crippen LogP contribution in [-0.2, 0) is 0 Å². The van der Waals surface area contributed by atoms with Crippen LogP contribution in [0.2, 0.25) is 0 Å². The first kappa shape index (κ1) is 12.2. The molecule has 17 heavy (non-hydrogen) atoms. The van der Waals surface area contributed by atoms with Crippen molar-refractivity contribution in [1.29, 1.82) is 0 Å². The van der Waals surface area contributed by atoms with E-state index in [0.29, 0.717) is 17.4 Å². The average molecular weight is 237 g/mol. The molecule has 2 rings (SSSR count). The molecule has 1 aliphatic heterocycles. The number of halogens is 1. The van der Waals surface area contributed by atoms with Crippen LogP contribution >= 0.6 is 0 Å². The Bertz CT molecular complexity index is 373. The molecule has 4 heteroatoms. The minimum Gasteiger partial charge on any atom is -0.399 e. The van der Waals surface area contributed by atoms with E-state index in [-0.39, 0.29) is 5.82 Å². The zero-order chi connectivity index (χ0) is 12.3. The lowest BCUT2D eigenvalue weighted by Gasteiger charge is -2.34. The molecule has 3 N–H and O–H groups in total. The molecule has 0 spiro atoms. The minimum atomic E-state index is -0.216. The molecule has 0 atom stereocenters. The summed E-state index contributed by atoms with van der Waals surface area (Å²) in [6.07, 6.45) is 2.13. The van der Waals surface area contributed by atoms with Gasteiger partial charge in [0.05, 0.1) is 5.69 Å². The van der Waals surface area contributed by atoms with Gasteiger partial charge >= 0.3 is 0 Å². The molecule has 1 heterocycles. The maximum atomic E-state index is 13.7. The Kier molecular flexibility index (Phi) is 3.84. The lowest BCUT2D eigenvalue weighted by Crippen LogP contribution is -2.42. The van der Waals surface area contributed by atoms with Crippen LogP contribution in [0.3, 0.4) is 0 Å². The predicted octanol–water partition coefficient (Wildman–Crippen LogP) is 1.99. The topological polar surface area (TPSA) is 41.3 Å². The molecule has 0 aromatic heterocycles. The Labute approximate surface area is 102 Å². The first-order chi connectivity index (χ1) is 8.20. The molecule has 1 aliphatic rings. The van der Waals surface area contributed by atoms with Crippen LogP contribution in [0.5, 0.6) is 0 Å². The highest BCUT2D eigenvalue weighted by molar-refractivity contribution is 5.54. The van der Waals surface area contributed by atoms with Gasteiger partial charge in [-0.05, 0) is 37.6 Å². The molecule has 94 valence electrons. The van der Waals surface area contributed by atoms with Crippen LogP contribution in [0.4, 0.5) is 15.8 Å². The van der Waals surface area contributed by atoms with Gasteiger partial charge in [0.25, 0.3) is 0 Å². The number of nitrogens with one attached hydrogen (secondary N) is 1. The highest BCUT2D eigenvalue weighted by Gasteiger charge is 2.20. The Morgan fingerprint density at radius 3 is 2.71 bits per heavy atom. The molecule has 3 nitrogen and oxygen atoms in total. The molecular formula is C13H20FN3. The number of nitrogens with zero attached hydrogens (tertiary/aromatic N) is 1. The van der Waals surface area contributed by atoms with Gasteiger partial charge < -0.3 is 16.0 Å². The summed E-state index contributed by atoms with van der Waals surface area (Å²) in [4.78, 5) is 2.10. The van der Waals surface area contributed by atoms with Crippen molar-refractivity contribution in [1.82, 2.24) is 5.32 Å². The highest BCUT2D eigenvalue weighted by atomic mass is 19.1. The Morgan fingerprint density at radius 2 is 2.12 bits per heavy atom. The van der Waals surface area contributed by atoms with Crippen molar-refractivity contribution in [2.75, 3.05) is 30.3 Å². The smallest absolute Gasteiger partial charge is 0.148 e. The molecule has 0 amide bonds.